The Morgan fingerprint density at radius 1 is 1.35 bits per heavy atom. The third-order valence-corrected chi connectivity index (χ3v) is 3.91. The van der Waals surface area contributed by atoms with Crippen LogP contribution in [-0.2, 0) is 0 Å². The summed E-state index contributed by atoms with van der Waals surface area (Å²) in [7, 11) is 0. The zero-order chi connectivity index (χ0) is 14.7. The molecule has 0 aliphatic heterocycles. The zero-order valence-corrected chi connectivity index (χ0v) is 11.6. The molecule has 0 spiro atoms. The van der Waals surface area contributed by atoms with Gasteiger partial charge in [0.25, 0.3) is 0 Å². The van der Waals surface area contributed by atoms with E-state index in [2.05, 4.69) is 6.92 Å². The average Bonchev–Trinajstić information content (AvgIpc) is 2.42. The molecule has 0 aromatic heterocycles. The van der Waals surface area contributed by atoms with E-state index in [-0.39, 0.29) is 23.3 Å². The predicted octanol–water partition coefficient (Wildman–Crippen LogP) is 3.60. The minimum absolute atomic E-state index is 0.0300. The Hall–Kier alpha value is -1.65. The van der Waals surface area contributed by atoms with E-state index in [0.717, 1.165) is 44.2 Å². The highest BCUT2D eigenvalue weighted by Gasteiger charge is 2.24. The van der Waals surface area contributed by atoms with Gasteiger partial charge in [0.15, 0.2) is 17.4 Å². The van der Waals surface area contributed by atoms with Gasteiger partial charge >= 0.3 is 0 Å². The van der Waals surface area contributed by atoms with Crippen molar-refractivity contribution in [2.45, 2.75) is 45.1 Å². The van der Waals surface area contributed by atoms with Gasteiger partial charge in [-0.1, -0.05) is 19.8 Å². The van der Waals surface area contributed by atoms with Crippen LogP contribution in [0.25, 0.3) is 0 Å². The third-order valence-electron chi connectivity index (χ3n) is 3.91. The van der Waals surface area contributed by atoms with Gasteiger partial charge in [-0.15, -0.1) is 0 Å². The minimum atomic E-state index is -0.797. The Labute approximate surface area is 117 Å². The molecule has 1 fully saturated rings. The summed E-state index contributed by atoms with van der Waals surface area (Å²) >= 11 is 0. The fraction of sp³-hybridized carbons (Fsp3) is 0.533. The van der Waals surface area contributed by atoms with Crippen LogP contribution >= 0.6 is 0 Å². The van der Waals surface area contributed by atoms with Crippen molar-refractivity contribution < 1.29 is 13.5 Å². The molecule has 0 bridgehead atoms. The van der Waals surface area contributed by atoms with Crippen molar-refractivity contribution in [1.29, 1.82) is 5.41 Å². The fourth-order valence-corrected chi connectivity index (χ4v) is 2.71. The van der Waals surface area contributed by atoms with E-state index >= 15 is 0 Å². The first-order valence-electron chi connectivity index (χ1n) is 7.01. The molecule has 0 heterocycles. The van der Waals surface area contributed by atoms with Crippen molar-refractivity contribution in [2.75, 3.05) is 0 Å². The van der Waals surface area contributed by atoms with Gasteiger partial charge in [-0.3, -0.25) is 5.41 Å². The number of ether oxygens (including phenoxy) is 1. The second-order valence-corrected chi connectivity index (χ2v) is 5.36. The summed E-state index contributed by atoms with van der Waals surface area (Å²) < 4.78 is 33.3. The van der Waals surface area contributed by atoms with Crippen LogP contribution in [0.15, 0.2) is 12.1 Å². The fourth-order valence-electron chi connectivity index (χ4n) is 2.71. The van der Waals surface area contributed by atoms with Crippen LogP contribution < -0.4 is 10.5 Å². The topological polar surface area (TPSA) is 59.1 Å². The molecule has 3 nitrogen and oxygen atoms in total. The number of nitrogens with two attached hydrogens (primary N) is 1. The second kappa shape index (κ2) is 6.20. The van der Waals surface area contributed by atoms with Crippen molar-refractivity contribution in [3.63, 3.8) is 0 Å². The number of rotatable bonds is 4. The molecule has 5 heteroatoms. The van der Waals surface area contributed by atoms with Crippen molar-refractivity contribution >= 4 is 5.84 Å². The monoisotopic (exact) mass is 282 g/mol. The van der Waals surface area contributed by atoms with Crippen LogP contribution in [-0.4, -0.2) is 11.9 Å². The quantitative estimate of drug-likeness (QED) is 0.655. The first kappa shape index (κ1) is 14.8. The molecule has 0 amide bonds. The number of halogens is 2. The molecule has 1 aliphatic rings. The highest BCUT2D eigenvalue weighted by molar-refractivity contribution is 5.95. The SMILES string of the molecule is CCC1CCCC(Oc2c(F)cc(C(=N)N)cc2F)C1. The second-order valence-electron chi connectivity index (χ2n) is 5.36. The lowest BCUT2D eigenvalue weighted by molar-refractivity contribution is 0.112. The lowest BCUT2D eigenvalue weighted by Gasteiger charge is -2.29. The Morgan fingerprint density at radius 2 is 2.00 bits per heavy atom. The van der Waals surface area contributed by atoms with E-state index in [4.69, 9.17) is 15.9 Å². The zero-order valence-electron chi connectivity index (χ0n) is 11.6. The van der Waals surface area contributed by atoms with Crippen LogP contribution in [0.4, 0.5) is 8.78 Å². The molecular weight excluding hydrogens is 262 g/mol. The number of hydrogen-bond acceptors (Lipinski definition) is 2. The summed E-state index contributed by atoms with van der Waals surface area (Å²) in [6, 6.07) is 2.09. The smallest absolute Gasteiger partial charge is 0.191 e. The highest BCUT2D eigenvalue weighted by Crippen LogP contribution is 2.32. The van der Waals surface area contributed by atoms with Gasteiger partial charge in [0.1, 0.15) is 5.84 Å². The molecule has 0 saturated heterocycles. The molecule has 2 atom stereocenters. The van der Waals surface area contributed by atoms with Crippen LogP contribution in [0.1, 0.15) is 44.6 Å². The number of benzene rings is 1. The molecule has 3 N–H and O–H groups in total. The number of nitrogen functional groups attached to an aromatic ring is 1. The van der Waals surface area contributed by atoms with Crippen molar-refractivity contribution in [3.8, 4) is 5.75 Å². The first-order chi connectivity index (χ1) is 9.51. The molecule has 1 aromatic carbocycles. The molecule has 2 rings (SSSR count). The maximum atomic E-state index is 13.9. The molecule has 20 heavy (non-hydrogen) atoms. The van der Waals surface area contributed by atoms with Gasteiger partial charge in [0.05, 0.1) is 6.10 Å². The Balaban J connectivity index is 2.15. The summed E-state index contributed by atoms with van der Waals surface area (Å²) in [4.78, 5) is 0. The molecule has 1 aromatic rings. The average molecular weight is 282 g/mol. The Kier molecular flexibility index (Phi) is 4.57. The van der Waals surface area contributed by atoms with Crippen molar-refractivity contribution in [1.82, 2.24) is 0 Å². The number of nitrogens with one attached hydrogen (secondary N) is 1. The van der Waals surface area contributed by atoms with Gasteiger partial charge in [-0.05, 0) is 37.3 Å². The van der Waals surface area contributed by atoms with Crippen LogP contribution in [0.3, 0.4) is 0 Å². The Morgan fingerprint density at radius 3 is 2.55 bits per heavy atom. The highest BCUT2D eigenvalue weighted by atomic mass is 19.1. The predicted molar refractivity (Wildman–Crippen MR) is 74.0 cm³/mol. The minimum Gasteiger partial charge on any atom is -0.484 e. The summed E-state index contributed by atoms with van der Waals surface area (Å²) in [6.07, 6.45) is 4.77. The van der Waals surface area contributed by atoms with E-state index in [0.29, 0.717) is 5.92 Å². The maximum absolute atomic E-state index is 13.9. The van der Waals surface area contributed by atoms with E-state index in [1.54, 1.807) is 0 Å². The summed E-state index contributed by atoms with van der Waals surface area (Å²) in [5.41, 5.74) is 5.26. The van der Waals surface area contributed by atoms with Crippen molar-refractivity contribution in [3.05, 3.63) is 29.3 Å². The number of amidine groups is 1. The first-order valence-corrected chi connectivity index (χ1v) is 7.01. The summed E-state index contributed by atoms with van der Waals surface area (Å²) in [6.45, 7) is 2.12. The lowest BCUT2D eigenvalue weighted by atomic mass is 9.85. The normalized spacial score (nSPS) is 22.6. The van der Waals surface area contributed by atoms with E-state index < -0.39 is 11.6 Å². The van der Waals surface area contributed by atoms with Crippen LogP contribution in [0, 0.1) is 23.0 Å². The molecule has 1 saturated carbocycles. The van der Waals surface area contributed by atoms with Gasteiger partial charge in [-0.25, -0.2) is 8.78 Å². The summed E-state index contributed by atoms with van der Waals surface area (Å²) in [5.74, 6) is -1.74. The summed E-state index contributed by atoms with van der Waals surface area (Å²) in [5, 5.41) is 7.21. The van der Waals surface area contributed by atoms with Gasteiger partial charge < -0.3 is 10.5 Å². The molecule has 1 aliphatic carbocycles. The standard InChI is InChI=1S/C15H20F2N2O/c1-2-9-4-3-5-11(6-9)20-14-12(16)7-10(15(18)19)8-13(14)17/h7-9,11H,2-6H2,1H3,(H3,18,19). The molecule has 110 valence electrons. The van der Waals surface area contributed by atoms with Gasteiger partial charge in [-0.2, -0.15) is 0 Å². The van der Waals surface area contributed by atoms with Crippen LogP contribution in [0.2, 0.25) is 0 Å². The van der Waals surface area contributed by atoms with E-state index in [1.165, 1.54) is 0 Å². The number of hydrogen-bond donors (Lipinski definition) is 2. The Bertz CT molecular complexity index is 482. The van der Waals surface area contributed by atoms with Crippen molar-refractivity contribution in [2.24, 2.45) is 11.7 Å². The van der Waals surface area contributed by atoms with E-state index in [9.17, 15) is 8.78 Å². The lowest BCUT2D eigenvalue weighted by Crippen LogP contribution is -2.26. The van der Waals surface area contributed by atoms with Gasteiger partial charge in [0, 0.05) is 5.56 Å². The third kappa shape index (κ3) is 3.26. The molecule has 0 radical (unpaired) electrons. The van der Waals surface area contributed by atoms with Crippen LogP contribution in [0.5, 0.6) is 5.75 Å². The largest absolute Gasteiger partial charge is 0.484 e. The molecular formula is C15H20F2N2O. The van der Waals surface area contributed by atoms with E-state index in [1.807, 2.05) is 0 Å². The molecule has 2 unspecified atom stereocenters. The van der Waals surface area contributed by atoms with Gasteiger partial charge in [0.2, 0.25) is 0 Å². The maximum Gasteiger partial charge on any atom is 0.191 e.